The second kappa shape index (κ2) is 8.28. The number of rotatable bonds is 6. The summed E-state index contributed by atoms with van der Waals surface area (Å²) in [5, 5.41) is 0. The van der Waals surface area contributed by atoms with E-state index in [0.29, 0.717) is 23.7 Å². The van der Waals surface area contributed by atoms with Crippen molar-refractivity contribution in [1.29, 1.82) is 0 Å². The number of hydrogen-bond donors (Lipinski definition) is 0. The maximum atomic E-state index is 5.40. The van der Waals surface area contributed by atoms with E-state index in [0.717, 1.165) is 18.8 Å². The zero-order valence-corrected chi connectivity index (χ0v) is 18.0. The van der Waals surface area contributed by atoms with Crippen molar-refractivity contribution in [3.05, 3.63) is 101 Å². The van der Waals surface area contributed by atoms with E-state index < -0.39 is 0 Å². The van der Waals surface area contributed by atoms with Crippen LogP contribution >= 0.6 is 0 Å². The smallest absolute Gasteiger partial charge is 0.118 e. The van der Waals surface area contributed by atoms with Crippen LogP contribution in [0.1, 0.15) is 52.8 Å². The summed E-state index contributed by atoms with van der Waals surface area (Å²) < 4.78 is 5.40. The largest absolute Gasteiger partial charge is 0.497 e. The molecule has 154 valence electrons. The zero-order valence-electron chi connectivity index (χ0n) is 18.0. The maximum absolute atomic E-state index is 5.40. The minimum atomic E-state index is 0.595. The number of hydrogen-bond acceptors (Lipinski definition) is 2. The number of benzene rings is 3. The van der Waals surface area contributed by atoms with E-state index in [2.05, 4.69) is 90.8 Å². The third-order valence-corrected chi connectivity index (χ3v) is 7.25. The summed E-state index contributed by atoms with van der Waals surface area (Å²) in [5.74, 6) is 3.50. The van der Waals surface area contributed by atoms with Crippen molar-refractivity contribution in [2.24, 2.45) is 5.92 Å². The van der Waals surface area contributed by atoms with E-state index in [1.54, 1.807) is 18.2 Å². The van der Waals surface area contributed by atoms with Crippen LogP contribution in [0.5, 0.6) is 5.75 Å². The van der Waals surface area contributed by atoms with Gasteiger partial charge in [0.15, 0.2) is 0 Å². The molecule has 3 aromatic carbocycles. The molecule has 0 unspecified atom stereocenters. The lowest BCUT2D eigenvalue weighted by Gasteiger charge is -2.50. The average molecular weight is 398 g/mol. The van der Waals surface area contributed by atoms with Crippen LogP contribution in [0.25, 0.3) is 0 Å². The van der Waals surface area contributed by atoms with Gasteiger partial charge in [-0.1, -0.05) is 66.7 Å². The Balaban J connectivity index is 1.42. The molecular weight excluding hydrogens is 366 g/mol. The highest BCUT2D eigenvalue weighted by atomic mass is 16.5. The van der Waals surface area contributed by atoms with E-state index >= 15 is 0 Å². The van der Waals surface area contributed by atoms with Crippen LogP contribution < -0.4 is 4.74 Å². The monoisotopic (exact) mass is 397 g/mol. The van der Waals surface area contributed by atoms with Crippen LogP contribution in [0.4, 0.5) is 0 Å². The van der Waals surface area contributed by atoms with Crippen molar-refractivity contribution >= 4 is 0 Å². The van der Waals surface area contributed by atoms with Gasteiger partial charge in [0.25, 0.3) is 0 Å². The fourth-order valence-corrected chi connectivity index (χ4v) is 6.04. The standard InChI is InChI=1S/C28H31NO/c1-29(18-20-8-4-3-5-9-20)19-23-16-22-17-27(21-12-14-24(30-2)15-13-21)28(23)26-11-7-6-10-25(22)26/h3-15,22-23,27-28H,16-19H2,1-2H3/t22-,23+,27+,28+/m0/s1. The molecule has 4 atom stereocenters. The van der Waals surface area contributed by atoms with Gasteiger partial charge < -0.3 is 9.64 Å². The predicted octanol–water partition coefficient (Wildman–Crippen LogP) is 6.20. The third kappa shape index (κ3) is 3.65. The van der Waals surface area contributed by atoms with Gasteiger partial charge in [0.05, 0.1) is 7.11 Å². The molecule has 0 N–H and O–H groups in total. The van der Waals surface area contributed by atoms with Crippen LogP contribution in [-0.2, 0) is 6.54 Å². The van der Waals surface area contributed by atoms with Crippen LogP contribution in [-0.4, -0.2) is 25.6 Å². The third-order valence-electron chi connectivity index (χ3n) is 7.25. The molecule has 0 spiro atoms. The summed E-state index contributed by atoms with van der Waals surface area (Å²) in [6.07, 6.45) is 2.58. The van der Waals surface area contributed by atoms with Gasteiger partial charge in [0.2, 0.25) is 0 Å². The van der Waals surface area contributed by atoms with Crippen molar-refractivity contribution in [1.82, 2.24) is 4.90 Å². The van der Waals surface area contributed by atoms with E-state index in [-0.39, 0.29) is 0 Å². The van der Waals surface area contributed by atoms with E-state index in [4.69, 9.17) is 4.74 Å². The Morgan fingerprint density at radius 2 is 1.53 bits per heavy atom. The number of fused-ring (bicyclic) bond motifs is 2. The van der Waals surface area contributed by atoms with Gasteiger partial charge >= 0.3 is 0 Å². The van der Waals surface area contributed by atoms with Crippen LogP contribution in [0, 0.1) is 5.92 Å². The zero-order chi connectivity index (χ0) is 20.5. The quantitative estimate of drug-likeness (QED) is 0.491. The highest BCUT2D eigenvalue weighted by Gasteiger charge is 2.45. The molecule has 0 amide bonds. The molecule has 6 rings (SSSR count). The Hall–Kier alpha value is -2.58. The molecule has 3 aliphatic rings. The highest BCUT2D eigenvalue weighted by molar-refractivity contribution is 5.44. The minimum Gasteiger partial charge on any atom is -0.497 e. The summed E-state index contributed by atoms with van der Waals surface area (Å²) in [6.45, 7) is 2.17. The second-order valence-electron chi connectivity index (χ2n) is 9.15. The van der Waals surface area contributed by atoms with Crippen molar-refractivity contribution in [2.45, 2.75) is 37.1 Å². The number of nitrogens with zero attached hydrogens (tertiary/aromatic N) is 1. The molecule has 2 bridgehead atoms. The first-order valence-corrected chi connectivity index (χ1v) is 11.2. The SMILES string of the molecule is COc1ccc([C@H]2C[C@@H]3C[C@H](CN(C)Cc4ccccc4)[C@@H]2c2ccccc23)cc1. The molecular formula is C28H31NO. The van der Waals surface area contributed by atoms with Gasteiger partial charge in [-0.05, 0) is 77.9 Å². The Morgan fingerprint density at radius 3 is 2.27 bits per heavy atom. The van der Waals surface area contributed by atoms with Crippen molar-refractivity contribution in [3.63, 3.8) is 0 Å². The van der Waals surface area contributed by atoms with E-state index in [1.807, 2.05) is 0 Å². The summed E-state index contributed by atoms with van der Waals surface area (Å²) in [5.41, 5.74) is 6.07. The van der Waals surface area contributed by atoms with Gasteiger partial charge in [-0.2, -0.15) is 0 Å². The Bertz CT molecular complexity index is 981. The average Bonchev–Trinajstić information content (AvgIpc) is 2.80. The lowest BCUT2D eigenvalue weighted by molar-refractivity contribution is 0.159. The molecule has 3 aromatic rings. The first-order valence-electron chi connectivity index (χ1n) is 11.2. The molecule has 1 saturated carbocycles. The van der Waals surface area contributed by atoms with Gasteiger partial charge in [-0.15, -0.1) is 0 Å². The summed E-state index contributed by atoms with van der Waals surface area (Å²) in [4.78, 5) is 2.52. The Kier molecular flexibility index (Phi) is 5.35. The summed E-state index contributed by atoms with van der Waals surface area (Å²) in [7, 11) is 4.02. The molecule has 2 heteroatoms. The second-order valence-corrected chi connectivity index (χ2v) is 9.15. The first-order chi connectivity index (χ1) is 14.7. The molecule has 1 fully saturated rings. The molecule has 0 aliphatic heterocycles. The normalized spacial score (nSPS) is 24.6. The molecule has 3 aliphatic carbocycles. The minimum absolute atomic E-state index is 0.595. The molecule has 0 saturated heterocycles. The van der Waals surface area contributed by atoms with Crippen molar-refractivity contribution in [3.8, 4) is 5.75 Å². The number of ether oxygens (including phenoxy) is 1. The lowest BCUT2D eigenvalue weighted by Crippen LogP contribution is -2.40. The van der Waals surface area contributed by atoms with Crippen molar-refractivity contribution < 1.29 is 4.74 Å². The molecule has 0 radical (unpaired) electrons. The number of methoxy groups -OCH3 is 1. The van der Waals surface area contributed by atoms with Crippen LogP contribution in [0.15, 0.2) is 78.9 Å². The van der Waals surface area contributed by atoms with Crippen LogP contribution in [0.2, 0.25) is 0 Å². The molecule has 2 nitrogen and oxygen atoms in total. The Morgan fingerprint density at radius 1 is 0.833 bits per heavy atom. The predicted molar refractivity (Wildman–Crippen MR) is 123 cm³/mol. The molecule has 30 heavy (non-hydrogen) atoms. The van der Waals surface area contributed by atoms with Gasteiger partial charge in [0, 0.05) is 13.1 Å². The van der Waals surface area contributed by atoms with Crippen LogP contribution in [0.3, 0.4) is 0 Å². The van der Waals surface area contributed by atoms with Crippen molar-refractivity contribution in [2.75, 3.05) is 20.7 Å². The fraction of sp³-hybridized carbons (Fsp3) is 0.357. The van der Waals surface area contributed by atoms with E-state index in [1.165, 1.54) is 24.0 Å². The maximum Gasteiger partial charge on any atom is 0.118 e. The molecule has 0 heterocycles. The summed E-state index contributed by atoms with van der Waals surface area (Å²) >= 11 is 0. The highest BCUT2D eigenvalue weighted by Crippen LogP contribution is 2.58. The summed E-state index contributed by atoms with van der Waals surface area (Å²) in [6, 6.07) is 28.9. The topological polar surface area (TPSA) is 12.5 Å². The van der Waals surface area contributed by atoms with Gasteiger partial charge in [-0.3, -0.25) is 0 Å². The lowest BCUT2D eigenvalue weighted by atomic mass is 9.55. The van der Waals surface area contributed by atoms with E-state index in [9.17, 15) is 0 Å². The fourth-order valence-electron chi connectivity index (χ4n) is 6.04. The first kappa shape index (κ1) is 19.4. The molecule has 0 aromatic heterocycles. The Labute approximate surface area is 180 Å². The van der Waals surface area contributed by atoms with Gasteiger partial charge in [0.1, 0.15) is 5.75 Å². The van der Waals surface area contributed by atoms with Gasteiger partial charge in [-0.25, -0.2) is 0 Å².